The number of cyclic esters (lactones) is 1. The molecule has 1 heterocycles. The Balaban J connectivity index is 1.46. The van der Waals surface area contributed by atoms with E-state index in [1.54, 1.807) is 0 Å². The van der Waals surface area contributed by atoms with Crippen LogP contribution in [0.2, 0.25) is 0 Å². The lowest BCUT2D eigenvalue weighted by atomic mass is 9.91. The summed E-state index contributed by atoms with van der Waals surface area (Å²) in [6, 6.07) is 10.5. The SMILES string of the molecule is C[C@@H]1OC(=O)[C@@H]1CCC(=O)CCCCCCc1ccccc1. The van der Waals surface area contributed by atoms with Crippen LogP contribution < -0.4 is 0 Å². The first-order chi connectivity index (χ1) is 10.7. The van der Waals surface area contributed by atoms with Gasteiger partial charge in [-0.05, 0) is 38.2 Å². The third-order valence-electron chi connectivity index (χ3n) is 4.42. The summed E-state index contributed by atoms with van der Waals surface area (Å²) in [5.41, 5.74) is 1.39. The van der Waals surface area contributed by atoms with Crippen LogP contribution in [-0.2, 0) is 20.7 Å². The molecule has 2 rings (SSSR count). The van der Waals surface area contributed by atoms with E-state index in [1.165, 1.54) is 18.4 Å². The number of ether oxygens (including phenoxy) is 1. The molecule has 1 aliphatic rings. The molecule has 0 amide bonds. The third kappa shape index (κ3) is 5.28. The van der Waals surface area contributed by atoms with E-state index in [2.05, 4.69) is 24.3 Å². The Morgan fingerprint density at radius 2 is 1.77 bits per heavy atom. The minimum absolute atomic E-state index is 0.00159. The summed E-state index contributed by atoms with van der Waals surface area (Å²) < 4.78 is 4.90. The molecule has 2 atom stereocenters. The van der Waals surface area contributed by atoms with Gasteiger partial charge in [0.05, 0.1) is 5.92 Å². The molecule has 1 saturated heterocycles. The van der Waals surface area contributed by atoms with Crippen LogP contribution in [0.5, 0.6) is 0 Å². The Kier molecular flexibility index (Phi) is 6.63. The summed E-state index contributed by atoms with van der Waals surface area (Å²) in [6.45, 7) is 1.89. The van der Waals surface area contributed by atoms with Crippen molar-refractivity contribution in [3.05, 3.63) is 35.9 Å². The minimum Gasteiger partial charge on any atom is -0.461 e. The van der Waals surface area contributed by atoms with Crippen LogP contribution in [0.4, 0.5) is 0 Å². The van der Waals surface area contributed by atoms with Crippen molar-refractivity contribution in [3.63, 3.8) is 0 Å². The molecule has 1 aromatic rings. The maximum atomic E-state index is 11.8. The molecule has 0 aromatic heterocycles. The van der Waals surface area contributed by atoms with Crippen molar-refractivity contribution >= 4 is 11.8 Å². The van der Waals surface area contributed by atoms with Gasteiger partial charge in [0, 0.05) is 12.8 Å². The number of unbranched alkanes of at least 4 members (excludes halogenated alkanes) is 3. The number of aryl methyl sites for hydroxylation is 1. The van der Waals surface area contributed by atoms with Crippen LogP contribution in [0.25, 0.3) is 0 Å². The Morgan fingerprint density at radius 3 is 2.45 bits per heavy atom. The van der Waals surface area contributed by atoms with Crippen molar-refractivity contribution in [3.8, 4) is 0 Å². The van der Waals surface area contributed by atoms with E-state index in [1.807, 2.05) is 13.0 Å². The second-order valence-electron chi connectivity index (χ2n) is 6.23. The average molecular weight is 302 g/mol. The molecule has 1 aliphatic heterocycles. The molecule has 120 valence electrons. The highest BCUT2D eigenvalue weighted by atomic mass is 16.6. The Morgan fingerprint density at radius 1 is 1.05 bits per heavy atom. The van der Waals surface area contributed by atoms with Crippen molar-refractivity contribution in [2.75, 3.05) is 0 Å². The van der Waals surface area contributed by atoms with E-state index in [9.17, 15) is 9.59 Å². The van der Waals surface area contributed by atoms with E-state index in [4.69, 9.17) is 4.74 Å². The zero-order valence-electron chi connectivity index (χ0n) is 13.4. The zero-order chi connectivity index (χ0) is 15.8. The normalized spacial score (nSPS) is 20.3. The van der Waals surface area contributed by atoms with Gasteiger partial charge in [-0.2, -0.15) is 0 Å². The molecule has 0 N–H and O–H groups in total. The number of hydrogen-bond donors (Lipinski definition) is 0. The fourth-order valence-electron chi connectivity index (χ4n) is 2.92. The molecule has 0 saturated carbocycles. The first kappa shape index (κ1) is 16.7. The van der Waals surface area contributed by atoms with Gasteiger partial charge in [0.1, 0.15) is 11.9 Å². The molecule has 0 radical (unpaired) electrons. The highest BCUT2D eigenvalue weighted by Crippen LogP contribution is 2.26. The van der Waals surface area contributed by atoms with Gasteiger partial charge in [0.2, 0.25) is 0 Å². The van der Waals surface area contributed by atoms with Gasteiger partial charge in [-0.15, -0.1) is 0 Å². The number of ketones is 1. The molecular weight excluding hydrogens is 276 g/mol. The highest BCUT2D eigenvalue weighted by Gasteiger charge is 2.38. The molecule has 0 bridgehead atoms. The van der Waals surface area contributed by atoms with Crippen LogP contribution in [0.3, 0.4) is 0 Å². The lowest BCUT2D eigenvalue weighted by Gasteiger charge is -2.32. The maximum Gasteiger partial charge on any atom is 0.313 e. The predicted octanol–water partition coefficient (Wildman–Crippen LogP) is 4.09. The number of carbonyl (C=O) groups excluding carboxylic acids is 2. The lowest BCUT2D eigenvalue weighted by molar-refractivity contribution is -0.182. The molecular formula is C19H26O3. The monoisotopic (exact) mass is 302 g/mol. The summed E-state index contributed by atoms with van der Waals surface area (Å²) in [5, 5.41) is 0. The predicted molar refractivity (Wildman–Crippen MR) is 86.5 cm³/mol. The summed E-state index contributed by atoms with van der Waals surface area (Å²) in [6.07, 6.45) is 7.40. The summed E-state index contributed by atoms with van der Waals surface area (Å²) >= 11 is 0. The van der Waals surface area contributed by atoms with Crippen LogP contribution in [0.1, 0.15) is 57.4 Å². The first-order valence-corrected chi connectivity index (χ1v) is 8.43. The minimum atomic E-state index is -0.138. The van der Waals surface area contributed by atoms with Gasteiger partial charge in [-0.3, -0.25) is 9.59 Å². The smallest absolute Gasteiger partial charge is 0.313 e. The third-order valence-corrected chi connectivity index (χ3v) is 4.42. The van der Waals surface area contributed by atoms with Gasteiger partial charge in [-0.25, -0.2) is 0 Å². The van der Waals surface area contributed by atoms with E-state index in [-0.39, 0.29) is 23.8 Å². The summed E-state index contributed by atoms with van der Waals surface area (Å²) in [5.74, 6) is 0.103. The van der Waals surface area contributed by atoms with Crippen LogP contribution in [0.15, 0.2) is 30.3 Å². The lowest BCUT2D eigenvalue weighted by Crippen LogP contribution is -2.43. The Bertz CT molecular complexity index is 481. The van der Waals surface area contributed by atoms with Crippen molar-refractivity contribution in [1.82, 2.24) is 0 Å². The molecule has 1 aromatic carbocycles. The highest BCUT2D eigenvalue weighted by molar-refractivity contribution is 5.81. The maximum absolute atomic E-state index is 11.8. The number of esters is 1. The topological polar surface area (TPSA) is 43.4 Å². The standard InChI is InChI=1S/C19H26O3/c1-15-18(19(21)22-15)14-13-17(20)12-8-3-2-5-9-16-10-6-4-7-11-16/h4,6-7,10-11,15,18H,2-3,5,8-9,12-14H2,1H3/t15-,18+/m0/s1. The van der Waals surface area contributed by atoms with Crippen LogP contribution in [-0.4, -0.2) is 17.9 Å². The fourth-order valence-corrected chi connectivity index (χ4v) is 2.92. The number of Topliss-reactive ketones (excluding diaryl/α,β-unsaturated/α-hetero) is 1. The van der Waals surface area contributed by atoms with E-state index in [0.29, 0.717) is 19.3 Å². The largest absolute Gasteiger partial charge is 0.461 e. The average Bonchev–Trinajstić information content (AvgIpc) is 2.51. The molecule has 0 spiro atoms. The molecule has 3 nitrogen and oxygen atoms in total. The molecule has 0 aliphatic carbocycles. The second-order valence-corrected chi connectivity index (χ2v) is 6.23. The van der Waals surface area contributed by atoms with Crippen molar-refractivity contribution < 1.29 is 14.3 Å². The molecule has 0 unspecified atom stereocenters. The van der Waals surface area contributed by atoms with Crippen molar-refractivity contribution in [1.29, 1.82) is 0 Å². The van der Waals surface area contributed by atoms with Crippen molar-refractivity contribution in [2.45, 2.75) is 64.4 Å². The number of carbonyl (C=O) groups is 2. The van der Waals surface area contributed by atoms with Gasteiger partial charge in [0.25, 0.3) is 0 Å². The quantitative estimate of drug-likeness (QED) is 0.483. The van der Waals surface area contributed by atoms with Gasteiger partial charge in [0.15, 0.2) is 0 Å². The molecule has 3 heteroatoms. The van der Waals surface area contributed by atoms with E-state index >= 15 is 0 Å². The number of hydrogen-bond acceptors (Lipinski definition) is 3. The van der Waals surface area contributed by atoms with Crippen LogP contribution in [0, 0.1) is 5.92 Å². The Hall–Kier alpha value is -1.64. The Labute approximate surface area is 133 Å². The first-order valence-electron chi connectivity index (χ1n) is 8.43. The van der Waals surface area contributed by atoms with E-state index < -0.39 is 0 Å². The van der Waals surface area contributed by atoms with Gasteiger partial charge < -0.3 is 4.74 Å². The van der Waals surface area contributed by atoms with Gasteiger partial charge >= 0.3 is 5.97 Å². The van der Waals surface area contributed by atoms with Crippen LogP contribution >= 0.6 is 0 Å². The summed E-state index contributed by atoms with van der Waals surface area (Å²) in [4.78, 5) is 23.0. The summed E-state index contributed by atoms with van der Waals surface area (Å²) in [7, 11) is 0. The molecule has 1 fully saturated rings. The zero-order valence-corrected chi connectivity index (χ0v) is 13.4. The fraction of sp³-hybridized carbons (Fsp3) is 0.579. The number of benzene rings is 1. The molecule has 22 heavy (non-hydrogen) atoms. The van der Waals surface area contributed by atoms with Gasteiger partial charge in [-0.1, -0.05) is 43.2 Å². The van der Waals surface area contributed by atoms with Crippen molar-refractivity contribution in [2.24, 2.45) is 5.92 Å². The van der Waals surface area contributed by atoms with E-state index in [0.717, 1.165) is 19.3 Å². The second kappa shape index (κ2) is 8.72. The number of rotatable bonds is 10.